The minimum atomic E-state index is -1.69. The lowest BCUT2D eigenvalue weighted by Gasteiger charge is -2.35. The van der Waals surface area contributed by atoms with Gasteiger partial charge in [-0.1, -0.05) is 24.0 Å². The van der Waals surface area contributed by atoms with Crippen molar-refractivity contribution >= 4 is 23.5 Å². The van der Waals surface area contributed by atoms with Crippen LogP contribution in [-0.2, 0) is 9.59 Å². The van der Waals surface area contributed by atoms with E-state index in [1.54, 1.807) is 49.2 Å². The van der Waals surface area contributed by atoms with Crippen LogP contribution in [0.5, 0.6) is 0 Å². The number of nitrogens with zero attached hydrogens (tertiary/aromatic N) is 5. The third-order valence-electron chi connectivity index (χ3n) is 6.06. The van der Waals surface area contributed by atoms with Gasteiger partial charge in [0.25, 0.3) is 11.8 Å². The van der Waals surface area contributed by atoms with E-state index < -0.39 is 17.4 Å². The van der Waals surface area contributed by atoms with Gasteiger partial charge in [-0.05, 0) is 12.1 Å². The van der Waals surface area contributed by atoms with Crippen molar-refractivity contribution in [2.24, 2.45) is 5.73 Å². The first kappa shape index (κ1) is 23.2. The summed E-state index contributed by atoms with van der Waals surface area (Å²) >= 11 is 0. The summed E-state index contributed by atoms with van der Waals surface area (Å²) in [5.41, 5.74) is 5.09. The van der Waals surface area contributed by atoms with E-state index >= 15 is 0 Å². The summed E-state index contributed by atoms with van der Waals surface area (Å²) < 4.78 is 0. The third-order valence-corrected chi connectivity index (χ3v) is 6.06. The molecule has 0 bridgehead atoms. The van der Waals surface area contributed by atoms with Gasteiger partial charge in [-0.3, -0.25) is 14.4 Å². The number of primary amides is 1. The Hall–Kier alpha value is -3.97. The summed E-state index contributed by atoms with van der Waals surface area (Å²) in [7, 11) is 1.63. The van der Waals surface area contributed by atoms with Crippen molar-refractivity contribution in [2.75, 3.05) is 44.7 Å². The van der Waals surface area contributed by atoms with Crippen molar-refractivity contribution in [1.82, 2.24) is 19.8 Å². The highest BCUT2D eigenvalue weighted by molar-refractivity contribution is 5.92. The number of amides is 3. The Morgan fingerprint density at radius 1 is 1.12 bits per heavy atom. The molecule has 0 spiro atoms. The Bertz CT molecular complexity index is 1210. The Morgan fingerprint density at radius 3 is 2.47 bits per heavy atom. The SMILES string of the molecule is CC(=O)N1CCN(c2cc(C(N)=O)nc(-c3cccc(C#CC4(O)CCN(C)C4=O)c3)n2)CC1. The number of hydrogen-bond donors (Lipinski definition) is 2. The van der Waals surface area contributed by atoms with E-state index in [0.29, 0.717) is 55.5 Å². The predicted molar refractivity (Wildman–Crippen MR) is 125 cm³/mol. The molecular weight excluding hydrogens is 436 g/mol. The normalized spacial score (nSPS) is 20.2. The number of benzene rings is 1. The number of hydrogen-bond acceptors (Lipinski definition) is 7. The Balaban J connectivity index is 1.64. The molecule has 2 saturated heterocycles. The van der Waals surface area contributed by atoms with E-state index in [2.05, 4.69) is 21.8 Å². The number of carbonyl (C=O) groups excluding carboxylic acids is 3. The summed E-state index contributed by atoms with van der Waals surface area (Å²) in [4.78, 5) is 49.9. The van der Waals surface area contributed by atoms with Crippen LogP contribution in [-0.4, -0.2) is 88.0 Å². The van der Waals surface area contributed by atoms with Crippen molar-refractivity contribution in [1.29, 1.82) is 0 Å². The van der Waals surface area contributed by atoms with Crippen molar-refractivity contribution in [2.45, 2.75) is 18.9 Å². The first-order chi connectivity index (χ1) is 16.2. The molecule has 0 aliphatic carbocycles. The standard InChI is InChI=1S/C24H26N6O4/c1-16(31)29-10-12-30(13-11-29)20-15-19(21(25)32)26-22(27-20)18-5-3-4-17(14-18)6-7-24(34)8-9-28(2)23(24)33/h3-5,14-15,34H,8-13H2,1-2H3,(H2,25,32). The van der Waals surface area contributed by atoms with Gasteiger partial charge in [0.15, 0.2) is 5.82 Å². The second kappa shape index (κ2) is 9.11. The van der Waals surface area contributed by atoms with Crippen molar-refractivity contribution in [3.05, 3.63) is 41.6 Å². The van der Waals surface area contributed by atoms with E-state index in [-0.39, 0.29) is 18.0 Å². The second-order valence-electron chi connectivity index (χ2n) is 8.46. The highest BCUT2D eigenvalue weighted by Crippen LogP contribution is 2.24. The molecular formula is C24H26N6O4. The number of nitrogens with two attached hydrogens (primary N) is 1. The van der Waals surface area contributed by atoms with E-state index in [1.165, 1.54) is 4.90 Å². The first-order valence-corrected chi connectivity index (χ1v) is 11.0. The second-order valence-corrected chi connectivity index (χ2v) is 8.46. The van der Waals surface area contributed by atoms with E-state index in [9.17, 15) is 19.5 Å². The molecule has 34 heavy (non-hydrogen) atoms. The van der Waals surface area contributed by atoms with Crippen LogP contribution in [0.4, 0.5) is 5.82 Å². The largest absolute Gasteiger partial charge is 0.369 e. The number of rotatable bonds is 3. The van der Waals surface area contributed by atoms with Crippen LogP contribution >= 0.6 is 0 Å². The molecule has 1 atom stereocenters. The van der Waals surface area contributed by atoms with Crippen LogP contribution in [0.1, 0.15) is 29.4 Å². The first-order valence-electron chi connectivity index (χ1n) is 11.0. The lowest BCUT2D eigenvalue weighted by molar-refractivity contribution is -0.137. The van der Waals surface area contributed by atoms with Gasteiger partial charge in [0.2, 0.25) is 11.5 Å². The molecule has 0 radical (unpaired) electrons. The predicted octanol–water partition coefficient (Wildman–Crippen LogP) is -0.144. The molecule has 3 N–H and O–H groups in total. The highest BCUT2D eigenvalue weighted by atomic mass is 16.3. The zero-order chi connectivity index (χ0) is 24.5. The maximum Gasteiger partial charge on any atom is 0.267 e. The molecule has 2 aliphatic rings. The Morgan fingerprint density at radius 2 is 1.85 bits per heavy atom. The Kier molecular flexibility index (Phi) is 6.22. The fraction of sp³-hybridized carbons (Fsp3) is 0.375. The maximum atomic E-state index is 12.2. The number of aliphatic hydroxyl groups is 1. The molecule has 3 amide bonds. The van der Waals surface area contributed by atoms with Crippen molar-refractivity contribution in [3.8, 4) is 23.2 Å². The summed E-state index contributed by atoms with van der Waals surface area (Å²) in [5.74, 6) is 5.36. The zero-order valence-electron chi connectivity index (χ0n) is 19.1. The van der Waals surface area contributed by atoms with Gasteiger partial charge in [0, 0.05) is 70.3 Å². The average molecular weight is 463 g/mol. The molecule has 10 nitrogen and oxygen atoms in total. The molecule has 2 aromatic rings. The smallest absolute Gasteiger partial charge is 0.267 e. The molecule has 1 aromatic heterocycles. The molecule has 3 heterocycles. The van der Waals surface area contributed by atoms with Gasteiger partial charge in [-0.2, -0.15) is 0 Å². The summed E-state index contributed by atoms with van der Waals surface area (Å²) in [6.45, 7) is 4.24. The van der Waals surface area contributed by atoms with Gasteiger partial charge in [0.05, 0.1) is 0 Å². The van der Waals surface area contributed by atoms with Gasteiger partial charge in [-0.25, -0.2) is 9.97 Å². The van der Waals surface area contributed by atoms with Crippen LogP contribution in [0.2, 0.25) is 0 Å². The Labute approximate surface area is 197 Å². The van der Waals surface area contributed by atoms with Crippen LogP contribution in [0.15, 0.2) is 30.3 Å². The molecule has 2 aliphatic heterocycles. The summed E-state index contributed by atoms with van der Waals surface area (Å²) in [6.07, 6.45) is 0.249. The lowest BCUT2D eigenvalue weighted by Crippen LogP contribution is -2.48. The van der Waals surface area contributed by atoms with Gasteiger partial charge in [0.1, 0.15) is 11.5 Å². The number of likely N-dealkylation sites (N-methyl/N-ethyl adjacent to an activating group) is 1. The topological polar surface area (TPSA) is 133 Å². The van der Waals surface area contributed by atoms with Crippen molar-refractivity contribution in [3.63, 3.8) is 0 Å². The molecule has 1 aromatic carbocycles. The van der Waals surface area contributed by atoms with Crippen LogP contribution in [0.25, 0.3) is 11.4 Å². The number of likely N-dealkylation sites (tertiary alicyclic amines) is 1. The molecule has 1 unspecified atom stereocenters. The zero-order valence-corrected chi connectivity index (χ0v) is 19.1. The maximum absolute atomic E-state index is 12.2. The molecule has 4 rings (SSSR count). The molecule has 10 heteroatoms. The van der Waals surface area contributed by atoms with Gasteiger partial charge >= 0.3 is 0 Å². The minimum Gasteiger partial charge on any atom is -0.369 e. The van der Waals surface area contributed by atoms with E-state index in [0.717, 1.165) is 0 Å². The van der Waals surface area contributed by atoms with Gasteiger partial charge in [-0.15, -0.1) is 0 Å². The molecule has 2 fully saturated rings. The molecule has 176 valence electrons. The number of aromatic nitrogens is 2. The lowest BCUT2D eigenvalue weighted by atomic mass is 10.0. The van der Waals surface area contributed by atoms with Crippen LogP contribution < -0.4 is 10.6 Å². The van der Waals surface area contributed by atoms with Crippen LogP contribution in [0.3, 0.4) is 0 Å². The fourth-order valence-electron chi connectivity index (χ4n) is 3.98. The van der Waals surface area contributed by atoms with Crippen molar-refractivity contribution < 1.29 is 19.5 Å². The fourth-order valence-corrected chi connectivity index (χ4v) is 3.98. The quantitative estimate of drug-likeness (QED) is 0.607. The third kappa shape index (κ3) is 4.70. The highest BCUT2D eigenvalue weighted by Gasteiger charge is 2.42. The average Bonchev–Trinajstić information content (AvgIpc) is 3.10. The van der Waals surface area contributed by atoms with E-state index in [1.807, 2.05) is 4.90 Å². The summed E-state index contributed by atoms with van der Waals surface area (Å²) in [5, 5.41) is 10.5. The number of carbonyl (C=O) groups is 3. The number of anilines is 1. The molecule has 0 saturated carbocycles. The van der Waals surface area contributed by atoms with E-state index in [4.69, 9.17) is 5.73 Å². The summed E-state index contributed by atoms with van der Waals surface area (Å²) in [6, 6.07) is 8.58. The monoisotopic (exact) mass is 462 g/mol. The number of piperazine rings is 1. The van der Waals surface area contributed by atoms with Gasteiger partial charge < -0.3 is 25.5 Å². The van der Waals surface area contributed by atoms with Crippen LogP contribution in [0, 0.1) is 11.8 Å². The minimum absolute atomic E-state index is 0.0226.